The third kappa shape index (κ3) is 5.13. The van der Waals surface area contributed by atoms with Gasteiger partial charge in [0.2, 0.25) is 0 Å². The molecule has 5 nitrogen and oxygen atoms in total. The molecule has 1 aliphatic heterocycles. The highest BCUT2D eigenvalue weighted by atomic mass is 15.2. The lowest BCUT2D eigenvalue weighted by atomic mass is 9.92. The van der Waals surface area contributed by atoms with Crippen LogP contribution in [0.15, 0.2) is 12.4 Å². The van der Waals surface area contributed by atoms with Gasteiger partial charge in [0.05, 0.1) is 0 Å². The first-order chi connectivity index (χ1) is 10.3. The van der Waals surface area contributed by atoms with Crippen molar-refractivity contribution in [3.8, 4) is 0 Å². The molecule has 1 aliphatic rings. The summed E-state index contributed by atoms with van der Waals surface area (Å²) >= 11 is 0. The molecule has 0 radical (unpaired) electrons. The van der Waals surface area contributed by atoms with Gasteiger partial charge in [0.1, 0.15) is 18.0 Å². The maximum Gasteiger partial charge on any atom is 0.134 e. The van der Waals surface area contributed by atoms with Crippen LogP contribution in [0.1, 0.15) is 40.0 Å². The summed E-state index contributed by atoms with van der Waals surface area (Å²) in [5, 5.41) is 3.42. The molecule has 0 spiro atoms. The predicted octanol–water partition coefficient (Wildman–Crippen LogP) is 2.86. The number of anilines is 2. The van der Waals surface area contributed by atoms with Gasteiger partial charge in [0.15, 0.2) is 0 Å². The Morgan fingerprint density at radius 3 is 2.59 bits per heavy atom. The fraction of sp³-hybridized carbons (Fsp3) is 0.765. The second-order valence-corrected chi connectivity index (χ2v) is 7.64. The highest BCUT2D eigenvalue weighted by Gasteiger charge is 2.21. The number of piperidine rings is 1. The first-order valence-corrected chi connectivity index (χ1v) is 8.32. The number of aromatic nitrogens is 2. The van der Waals surface area contributed by atoms with Crippen LogP contribution in [-0.4, -0.2) is 54.6 Å². The summed E-state index contributed by atoms with van der Waals surface area (Å²) in [6.07, 6.45) is 5.19. The summed E-state index contributed by atoms with van der Waals surface area (Å²) in [5.74, 6) is 1.94. The summed E-state index contributed by atoms with van der Waals surface area (Å²) in [6, 6.07) is 2.65. The summed E-state index contributed by atoms with van der Waals surface area (Å²) in [5.41, 5.74) is 0.341. The number of likely N-dealkylation sites (tertiary alicyclic amines) is 1. The normalized spacial score (nSPS) is 17.5. The van der Waals surface area contributed by atoms with E-state index < -0.39 is 0 Å². The zero-order valence-electron chi connectivity index (χ0n) is 14.8. The van der Waals surface area contributed by atoms with E-state index in [0.29, 0.717) is 11.5 Å². The van der Waals surface area contributed by atoms with Gasteiger partial charge in [-0.15, -0.1) is 0 Å². The zero-order chi connectivity index (χ0) is 16.2. The lowest BCUT2D eigenvalue weighted by Crippen LogP contribution is -2.42. The van der Waals surface area contributed by atoms with E-state index in [1.165, 1.54) is 12.8 Å². The third-order valence-electron chi connectivity index (χ3n) is 4.43. The molecule has 1 saturated heterocycles. The minimum absolute atomic E-state index is 0.341. The number of nitrogens with one attached hydrogen (secondary N) is 1. The van der Waals surface area contributed by atoms with Crippen LogP contribution in [0.5, 0.6) is 0 Å². The minimum Gasteiger partial charge on any atom is -0.370 e. The fourth-order valence-corrected chi connectivity index (χ4v) is 2.77. The van der Waals surface area contributed by atoms with Gasteiger partial charge in [-0.05, 0) is 44.8 Å². The maximum absolute atomic E-state index is 4.45. The Morgan fingerprint density at radius 1 is 1.27 bits per heavy atom. The van der Waals surface area contributed by atoms with Crippen LogP contribution in [0.4, 0.5) is 11.6 Å². The molecule has 22 heavy (non-hydrogen) atoms. The summed E-state index contributed by atoms with van der Waals surface area (Å²) in [6.45, 7) is 10.0. The van der Waals surface area contributed by atoms with Crippen molar-refractivity contribution in [3.05, 3.63) is 12.4 Å². The predicted molar refractivity (Wildman–Crippen MR) is 93.5 cm³/mol. The number of nitrogens with zero attached hydrogens (tertiary/aromatic N) is 4. The maximum atomic E-state index is 4.45. The van der Waals surface area contributed by atoms with E-state index in [2.05, 4.69) is 66.0 Å². The Hall–Kier alpha value is -1.36. The molecule has 0 atom stereocenters. The van der Waals surface area contributed by atoms with E-state index in [1.807, 2.05) is 0 Å². The van der Waals surface area contributed by atoms with E-state index in [1.54, 1.807) is 6.33 Å². The van der Waals surface area contributed by atoms with Gasteiger partial charge in [-0.25, -0.2) is 9.97 Å². The highest BCUT2D eigenvalue weighted by Crippen LogP contribution is 2.22. The SMILES string of the molecule is CN1CCC(N(C)c2cc(NCCC(C)(C)C)ncn2)CC1. The van der Waals surface area contributed by atoms with E-state index in [-0.39, 0.29) is 0 Å². The van der Waals surface area contributed by atoms with E-state index in [4.69, 9.17) is 0 Å². The lowest BCUT2D eigenvalue weighted by molar-refractivity contribution is 0.252. The Labute approximate surface area is 135 Å². The highest BCUT2D eigenvalue weighted by molar-refractivity contribution is 5.48. The molecule has 2 heterocycles. The molecule has 0 bridgehead atoms. The van der Waals surface area contributed by atoms with Crippen LogP contribution >= 0.6 is 0 Å². The Kier molecular flexibility index (Phi) is 5.62. The van der Waals surface area contributed by atoms with Crippen molar-refractivity contribution >= 4 is 11.6 Å². The number of hydrogen-bond donors (Lipinski definition) is 1. The first-order valence-electron chi connectivity index (χ1n) is 8.32. The van der Waals surface area contributed by atoms with Crippen molar-refractivity contribution in [2.24, 2.45) is 5.41 Å². The molecule has 124 valence electrons. The van der Waals surface area contributed by atoms with Crippen LogP contribution in [0, 0.1) is 5.41 Å². The van der Waals surface area contributed by atoms with E-state index in [0.717, 1.165) is 37.7 Å². The van der Waals surface area contributed by atoms with E-state index in [9.17, 15) is 0 Å². The minimum atomic E-state index is 0.341. The van der Waals surface area contributed by atoms with E-state index >= 15 is 0 Å². The van der Waals surface area contributed by atoms with Gasteiger partial charge in [-0.2, -0.15) is 0 Å². The topological polar surface area (TPSA) is 44.3 Å². The molecule has 0 amide bonds. The molecular formula is C17H31N5. The lowest BCUT2D eigenvalue weighted by Gasteiger charge is -2.35. The quantitative estimate of drug-likeness (QED) is 0.906. The zero-order valence-corrected chi connectivity index (χ0v) is 14.8. The molecular weight excluding hydrogens is 274 g/mol. The largest absolute Gasteiger partial charge is 0.370 e. The van der Waals surface area contributed by atoms with Crippen molar-refractivity contribution in [2.75, 3.05) is 43.9 Å². The van der Waals surface area contributed by atoms with Crippen molar-refractivity contribution in [1.29, 1.82) is 0 Å². The van der Waals surface area contributed by atoms with Crippen molar-refractivity contribution < 1.29 is 0 Å². The standard InChI is InChI=1S/C17H31N5/c1-17(2,3)8-9-18-15-12-16(20-13-19-15)22(5)14-6-10-21(4)11-7-14/h12-14H,6-11H2,1-5H3,(H,18,19,20). The second-order valence-electron chi connectivity index (χ2n) is 7.64. The molecule has 1 aromatic heterocycles. The molecule has 1 fully saturated rings. The molecule has 0 saturated carbocycles. The van der Waals surface area contributed by atoms with Gasteiger partial charge in [0.25, 0.3) is 0 Å². The van der Waals surface area contributed by atoms with Gasteiger partial charge in [-0.3, -0.25) is 0 Å². The monoisotopic (exact) mass is 305 g/mol. The summed E-state index contributed by atoms with van der Waals surface area (Å²) < 4.78 is 0. The fourth-order valence-electron chi connectivity index (χ4n) is 2.77. The molecule has 0 aliphatic carbocycles. The van der Waals surface area contributed by atoms with Gasteiger partial charge < -0.3 is 15.1 Å². The molecule has 0 aromatic carbocycles. The van der Waals surface area contributed by atoms with Gasteiger partial charge in [-0.1, -0.05) is 20.8 Å². The third-order valence-corrected chi connectivity index (χ3v) is 4.43. The van der Waals surface area contributed by atoms with Crippen molar-refractivity contribution in [2.45, 2.75) is 46.1 Å². The molecule has 5 heteroatoms. The number of rotatable bonds is 5. The first kappa shape index (κ1) is 17.0. The average molecular weight is 305 g/mol. The van der Waals surface area contributed by atoms with Crippen molar-refractivity contribution in [1.82, 2.24) is 14.9 Å². The van der Waals surface area contributed by atoms with Crippen LogP contribution in [0.25, 0.3) is 0 Å². The number of hydrogen-bond acceptors (Lipinski definition) is 5. The molecule has 1 aromatic rings. The summed E-state index contributed by atoms with van der Waals surface area (Å²) in [7, 11) is 4.34. The van der Waals surface area contributed by atoms with Crippen LogP contribution in [0.3, 0.4) is 0 Å². The smallest absolute Gasteiger partial charge is 0.134 e. The van der Waals surface area contributed by atoms with Crippen LogP contribution in [0.2, 0.25) is 0 Å². The molecule has 2 rings (SSSR count). The summed E-state index contributed by atoms with van der Waals surface area (Å²) in [4.78, 5) is 13.5. The second kappa shape index (κ2) is 7.27. The molecule has 1 N–H and O–H groups in total. The van der Waals surface area contributed by atoms with Crippen LogP contribution < -0.4 is 10.2 Å². The Bertz CT molecular complexity index is 460. The average Bonchev–Trinajstić information content (AvgIpc) is 2.46. The van der Waals surface area contributed by atoms with Crippen molar-refractivity contribution in [3.63, 3.8) is 0 Å². The Balaban J connectivity index is 1.92. The van der Waals surface area contributed by atoms with Gasteiger partial charge >= 0.3 is 0 Å². The van der Waals surface area contributed by atoms with Gasteiger partial charge in [0, 0.05) is 25.7 Å². The molecule has 0 unspecified atom stereocenters. The Morgan fingerprint density at radius 2 is 1.95 bits per heavy atom. The van der Waals surface area contributed by atoms with Crippen LogP contribution in [-0.2, 0) is 0 Å².